The molecule has 0 aliphatic carbocycles. The van der Waals surface area contributed by atoms with E-state index in [2.05, 4.69) is 68.6 Å². The lowest BCUT2D eigenvalue weighted by Gasteiger charge is -2.12. The molecule has 2 aromatic rings. The maximum absolute atomic E-state index is 4.44. The van der Waals surface area contributed by atoms with E-state index in [1.54, 1.807) is 6.20 Å². The minimum absolute atomic E-state index is 0.623. The van der Waals surface area contributed by atoms with Gasteiger partial charge in [0.15, 0.2) is 0 Å². The smallest absolute Gasteiger partial charge is 0.224 e. The van der Waals surface area contributed by atoms with Gasteiger partial charge in [0.2, 0.25) is 5.95 Å². The van der Waals surface area contributed by atoms with Crippen LogP contribution in [0.3, 0.4) is 0 Å². The molecule has 0 bridgehead atoms. The number of rotatable bonds is 4. The summed E-state index contributed by atoms with van der Waals surface area (Å²) in [7, 11) is 0. The Morgan fingerprint density at radius 3 is 2.74 bits per heavy atom. The van der Waals surface area contributed by atoms with Crippen molar-refractivity contribution in [2.75, 3.05) is 17.2 Å². The SMILES string of the molecule is CCNc1ncc(Br)c(Nc2ccc(C)cc2C)n1. The van der Waals surface area contributed by atoms with Crippen LogP contribution in [-0.2, 0) is 0 Å². The Labute approximate surface area is 121 Å². The number of aryl methyl sites for hydroxylation is 2. The molecular weight excluding hydrogens is 304 g/mol. The summed E-state index contributed by atoms with van der Waals surface area (Å²) in [4.78, 5) is 8.64. The van der Waals surface area contributed by atoms with Gasteiger partial charge in [-0.1, -0.05) is 17.7 Å². The summed E-state index contributed by atoms with van der Waals surface area (Å²) in [6, 6.07) is 6.28. The second kappa shape index (κ2) is 6.02. The summed E-state index contributed by atoms with van der Waals surface area (Å²) < 4.78 is 0.842. The zero-order valence-corrected chi connectivity index (χ0v) is 12.9. The molecule has 2 rings (SSSR count). The van der Waals surface area contributed by atoms with Gasteiger partial charge in [-0.15, -0.1) is 0 Å². The monoisotopic (exact) mass is 320 g/mol. The molecule has 0 radical (unpaired) electrons. The largest absolute Gasteiger partial charge is 0.354 e. The average molecular weight is 321 g/mol. The Kier molecular flexibility index (Phi) is 4.37. The van der Waals surface area contributed by atoms with Gasteiger partial charge in [-0.2, -0.15) is 4.98 Å². The van der Waals surface area contributed by atoms with Crippen molar-refractivity contribution in [3.05, 3.63) is 40.0 Å². The van der Waals surface area contributed by atoms with Crippen LogP contribution in [0.2, 0.25) is 0 Å². The first-order valence-electron chi connectivity index (χ1n) is 6.21. The third-order valence-electron chi connectivity index (χ3n) is 2.71. The van der Waals surface area contributed by atoms with E-state index in [0.29, 0.717) is 5.95 Å². The molecule has 1 aromatic heterocycles. The quantitative estimate of drug-likeness (QED) is 0.892. The predicted octanol–water partition coefficient (Wildman–Crippen LogP) is 4.03. The molecule has 0 fully saturated rings. The van der Waals surface area contributed by atoms with Gasteiger partial charge in [0.05, 0.1) is 4.47 Å². The maximum Gasteiger partial charge on any atom is 0.224 e. The van der Waals surface area contributed by atoms with Crippen LogP contribution in [0.15, 0.2) is 28.9 Å². The minimum atomic E-state index is 0.623. The normalized spacial score (nSPS) is 10.3. The van der Waals surface area contributed by atoms with Crippen LogP contribution >= 0.6 is 15.9 Å². The molecule has 0 spiro atoms. The zero-order chi connectivity index (χ0) is 13.8. The summed E-state index contributed by atoms with van der Waals surface area (Å²) in [5.41, 5.74) is 3.49. The highest BCUT2D eigenvalue weighted by Gasteiger charge is 2.06. The van der Waals surface area contributed by atoms with Crippen LogP contribution in [0.25, 0.3) is 0 Å². The Morgan fingerprint density at radius 1 is 1.26 bits per heavy atom. The van der Waals surface area contributed by atoms with Gasteiger partial charge >= 0.3 is 0 Å². The topological polar surface area (TPSA) is 49.8 Å². The van der Waals surface area contributed by atoms with Gasteiger partial charge in [0.1, 0.15) is 5.82 Å². The van der Waals surface area contributed by atoms with Crippen molar-refractivity contribution in [2.24, 2.45) is 0 Å². The molecular formula is C14H17BrN4. The Morgan fingerprint density at radius 2 is 2.05 bits per heavy atom. The first-order valence-corrected chi connectivity index (χ1v) is 7.00. The average Bonchev–Trinajstić information content (AvgIpc) is 2.37. The van der Waals surface area contributed by atoms with E-state index in [0.717, 1.165) is 22.5 Å². The van der Waals surface area contributed by atoms with Crippen LogP contribution in [-0.4, -0.2) is 16.5 Å². The third-order valence-corrected chi connectivity index (χ3v) is 3.29. The summed E-state index contributed by atoms with van der Waals surface area (Å²) in [6.45, 7) is 6.98. The fourth-order valence-corrected chi connectivity index (χ4v) is 2.07. The molecule has 1 aromatic carbocycles. The van der Waals surface area contributed by atoms with Crippen LogP contribution in [0.4, 0.5) is 17.5 Å². The van der Waals surface area contributed by atoms with Gasteiger partial charge in [-0.05, 0) is 48.3 Å². The first kappa shape index (κ1) is 13.8. The van der Waals surface area contributed by atoms with Gasteiger partial charge in [0.25, 0.3) is 0 Å². The lowest BCUT2D eigenvalue weighted by atomic mass is 10.1. The molecule has 0 saturated heterocycles. The summed E-state index contributed by atoms with van der Waals surface area (Å²) in [5, 5.41) is 6.43. The number of hydrogen-bond donors (Lipinski definition) is 2. The Hall–Kier alpha value is -1.62. The van der Waals surface area contributed by atoms with Crippen molar-refractivity contribution < 1.29 is 0 Å². The number of hydrogen-bond acceptors (Lipinski definition) is 4. The molecule has 0 unspecified atom stereocenters. The number of nitrogens with one attached hydrogen (secondary N) is 2. The van der Waals surface area contributed by atoms with E-state index in [1.807, 2.05) is 6.92 Å². The van der Waals surface area contributed by atoms with Gasteiger partial charge < -0.3 is 10.6 Å². The van der Waals surface area contributed by atoms with Gasteiger partial charge in [-0.3, -0.25) is 0 Å². The van der Waals surface area contributed by atoms with Crippen molar-refractivity contribution in [2.45, 2.75) is 20.8 Å². The molecule has 5 heteroatoms. The number of anilines is 3. The van der Waals surface area contributed by atoms with E-state index in [4.69, 9.17) is 0 Å². The van der Waals surface area contributed by atoms with E-state index >= 15 is 0 Å². The second-order valence-electron chi connectivity index (χ2n) is 4.36. The predicted molar refractivity (Wildman–Crippen MR) is 83.1 cm³/mol. The number of halogens is 1. The Balaban J connectivity index is 2.29. The molecule has 1 heterocycles. The van der Waals surface area contributed by atoms with Crippen molar-refractivity contribution in [1.82, 2.24) is 9.97 Å². The number of benzene rings is 1. The molecule has 0 amide bonds. The lowest BCUT2D eigenvalue weighted by molar-refractivity contribution is 1.08. The first-order chi connectivity index (χ1) is 9.10. The molecule has 0 saturated carbocycles. The van der Waals surface area contributed by atoms with E-state index in [9.17, 15) is 0 Å². The van der Waals surface area contributed by atoms with Crippen molar-refractivity contribution >= 4 is 33.4 Å². The van der Waals surface area contributed by atoms with E-state index in [-0.39, 0.29) is 0 Å². The van der Waals surface area contributed by atoms with E-state index < -0.39 is 0 Å². The van der Waals surface area contributed by atoms with Crippen LogP contribution in [0, 0.1) is 13.8 Å². The maximum atomic E-state index is 4.44. The number of nitrogens with zero attached hydrogens (tertiary/aromatic N) is 2. The number of aromatic nitrogens is 2. The molecule has 0 aliphatic heterocycles. The third kappa shape index (κ3) is 3.44. The summed E-state index contributed by atoms with van der Waals surface area (Å²) in [6.07, 6.45) is 1.75. The van der Waals surface area contributed by atoms with Crippen LogP contribution in [0.5, 0.6) is 0 Å². The molecule has 4 nitrogen and oxygen atoms in total. The highest BCUT2D eigenvalue weighted by Crippen LogP contribution is 2.26. The van der Waals surface area contributed by atoms with Crippen molar-refractivity contribution in [3.63, 3.8) is 0 Å². The van der Waals surface area contributed by atoms with Crippen LogP contribution < -0.4 is 10.6 Å². The highest BCUT2D eigenvalue weighted by molar-refractivity contribution is 9.10. The zero-order valence-electron chi connectivity index (χ0n) is 11.3. The van der Waals surface area contributed by atoms with Crippen molar-refractivity contribution in [1.29, 1.82) is 0 Å². The minimum Gasteiger partial charge on any atom is -0.354 e. The standard InChI is InChI=1S/C14H17BrN4/c1-4-16-14-17-8-11(15)13(19-14)18-12-6-5-9(2)7-10(12)3/h5-8H,4H2,1-3H3,(H2,16,17,18,19). The Bertz CT molecular complexity index is 584. The molecule has 2 N–H and O–H groups in total. The summed E-state index contributed by atoms with van der Waals surface area (Å²) in [5.74, 6) is 1.39. The molecule has 19 heavy (non-hydrogen) atoms. The summed E-state index contributed by atoms with van der Waals surface area (Å²) >= 11 is 3.46. The molecule has 100 valence electrons. The van der Waals surface area contributed by atoms with Gasteiger partial charge in [-0.25, -0.2) is 4.98 Å². The lowest BCUT2D eigenvalue weighted by Crippen LogP contribution is -2.05. The fourth-order valence-electron chi connectivity index (χ4n) is 1.78. The second-order valence-corrected chi connectivity index (χ2v) is 5.22. The highest BCUT2D eigenvalue weighted by atomic mass is 79.9. The van der Waals surface area contributed by atoms with Crippen molar-refractivity contribution in [3.8, 4) is 0 Å². The van der Waals surface area contributed by atoms with E-state index in [1.165, 1.54) is 11.1 Å². The molecule has 0 atom stereocenters. The fraction of sp³-hybridized carbons (Fsp3) is 0.286. The van der Waals surface area contributed by atoms with Gasteiger partial charge in [0, 0.05) is 18.4 Å². The van der Waals surface area contributed by atoms with Crippen LogP contribution in [0.1, 0.15) is 18.1 Å². The molecule has 0 aliphatic rings.